The van der Waals surface area contributed by atoms with Gasteiger partial charge in [-0.15, -0.1) is 0 Å². The van der Waals surface area contributed by atoms with Crippen molar-refractivity contribution in [2.75, 3.05) is 18.5 Å². The molecule has 2 amide bonds. The van der Waals surface area contributed by atoms with Gasteiger partial charge in [0.15, 0.2) is 0 Å². The molecule has 27 heavy (non-hydrogen) atoms. The lowest BCUT2D eigenvalue weighted by molar-refractivity contribution is -0.129. The quantitative estimate of drug-likeness (QED) is 0.809. The molecule has 142 valence electrons. The van der Waals surface area contributed by atoms with E-state index in [9.17, 15) is 14.0 Å². The second-order valence-electron chi connectivity index (χ2n) is 6.25. The van der Waals surface area contributed by atoms with Crippen LogP contribution in [0.25, 0.3) is 0 Å². The van der Waals surface area contributed by atoms with Gasteiger partial charge in [0, 0.05) is 25.8 Å². The number of carbonyl (C=O) groups is 2. The Kier molecular flexibility index (Phi) is 6.08. The van der Waals surface area contributed by atoms with Crippen molar-refractivity contribution in [3.05, 3.63) is 53.4 Å². The van der Waals surface area contributed by atoms with E-state index in [0.717, 1.165) is 12.8 Å². The molecule has 1 aliphatic heterocycles. The fourth-order valence-corrected chi connectivity index (χ4v) is 2.85. The van der Waals surface area contributed by atoms with Gasteiger partial charge in [-0.05, 0) is 31.9 Å². The average molecular weight is 372 g/mol. The first-order chi connectivity index (χ1) is 13.0. The number of amides is 2. The van der Waals surface area contributed by atoms with Gasteiger partial charge >= 0.3 is 0 Å². The number of hydrogen-bond donors (Lipinski definition) is 2. The number of aromatic nitrogens is 2. The van der Waals surface area contributed by atoms with Gasteiger partial charge in [0.1, 0.15) is 17.7 Å². The van der Waals surface area contributed by atoms with Gasteiger partial charge < -0.3 is 15.4 Å². The summed E-state index contributed by atoms with van der Waals surface area (Å²) in [5, 5.41) is 5.33. The first-order valence-electron chi connectivity index (χ1n) is 8.82. The number of ether oxygens (including phenoxy) is 1. The first kappa shape index (κ1) is 18.9. The number of anilines is 1. The molecule has 1 aliphatic rings. The van der Waals surface area contributed by atoms with Crippen LogP contribution in [0.5, 0.6) is 0 Å². The van der Waals surface area contributed by atoms with E-state index in [4.69, 9.17) is 4.74 Å². The smallest absolute Gasteiger partial charge is 0.259 e. The summed E-state index contributed by atoms with van der Waals surface area (Å²) in [5.74, 6) is -0.668. The zero-order valence-electron chi connectivity index (χ0n) is 15.0. The maximum atomic E-state index is 13.8. The second-order valence-corrected chi connectivity index (χ2v) is 6.25. The first-order valence-corrected chi connectivity index (χ1v) is 8.82. The monoisotopic (exact) mass is 372 g/mol. The van der Waals surface area contributed by atoms with Crippen molar-refractivity contribution in [3.63, 3.8) is 0 Å². The Bertz CT molecular complexity index is 837. The lowest BCUT2D eigenvalue weighted by Gasteiger charge is -2.12. The average Bonchev–Trinajstić information content (AvgIpc) is 3.18. The zero-order chi connectivity index (χ0) is 19.2. The molecule has 0 saturated carbocycles. The summed E-state index contributed by atoms with van der Waals surface area (Å²) in [7, 11) is 0. The van der Waals surface area contributed by atoms with Crippen molar-refractivity contribution in [2.45, 2.75) is 32.3 Å². The Morgan fingerprint density at radius 2 is 2.15 bits per heavy atom. The van der Waals surface area contributed by atoms with Gasteiger partial charge in [-0.2, -0.15) is 0 Å². The van der Waals surface area contributed by atoms with Gasteiger partial charge in [-0.3, -0.25) is 9.59 Å². The van der Waals surface area contributed by atoms with Crippen molar-refractivity contribution in [3.8, 4) is 0 Å². The van der Waals surface area contributed by atoms with Crippen LogP contribution >= 0.6 is 0 Å². The topological polar surface area (TPSA) is 93.2 Å². The van der Waals surface area contributed by atoms with Crippen molar-refractivity contribution in [2.24, 2.45) is 0 Å². The Hall–Kier alpha value is -2.87. The van der Waals surface area contributed by atoms with Gasteiger partial charge in [-0.25, -0.2) is 14.4 Å². The maximum absolute atomic E-state index is 13.8. The third-order valence-electron chi connectivity index (χ3n) is 4.24. The van der Waals surface area contributed by atoms with Crippen LogP contribution in [0, 0.1) is 12.7 Å². The van der Waals surface area contributed by atoms with Crippen LogP contribution in [0.2, 0.25) is 0 Å². The van der Waals surface area contributed by atoms with Crippen LogP contribution in [0.4, 0.5) is 10.1 Å². The van der Waals surface area contributed by atoms with E-state index in [0.29, 0.717) is 31.1 Å². The van der Waals surface area contributed by atoms with Crippen molar-refractivity contribution >= 4 is 17.5 Å². The molecule has 1 saturated heterocycles. The van der Waals surface area contributed by atoms with Crippen molar-refractivity contribution in [1.29, 1.82) is 0 Å². The van der Waals surface area contributed by atoms with Gasteiger partial charge in [0.2, 0.25) is 5.91 Å². The number of carbonyl (C=O) groups excluding carboxylic acids is 2. The van der Waals surface area contributed by atoms with E-state index in [1.807, 2.05) is 0 Å². The van der Waals surface area contributed by atoms with Crippen LogP contribution in [-0.4, -0.2) is 41.0 Å². The predicted octanol–water partition coefficient (Wildman–Crippen LogP) is 2.01. The Balaban J connectivity index is 1.66. The molecule has 0 radical (unpaired) electrons. The number of nitrogens with zero attached hydrogens (tertiary/aromatic N) is 2. The highest BCUT2D eigenvalue weighted by Crippen LogP contribution is 2.16. The fourth-order valence-electron chi connectivity index (χ4n) is 2.85. The molecule has 0 bridgehead atoms. The SMILES string of the molecule is Cc1ncc(C(=O)Nc2ccccc2F)c(CCNC(=O)[C@@H]2CCCO2)n1. The second kappa shape index (κ2) is 8.68. The molecule has 7 nitrogen and oxygen atoms in total. The van der Waals surface area contributed by atoms with E-state index < -0.39 is 17.8 Å². The van der Waals surface area contributed by atoms with E-state index in [1.54, 1.807) is 19.1 Å². The summed E-state index contributed by atoms with van der Waals surface area (Å²) < 4.78 is 19.1. The summed E-state index contributed by atoms with van der Waals surface area (Å²) in [6, 6.07) is 5.92. The largest absolute Gasteiger partial charge is 0.368 e. The molecule has 1 atom stereocenters. The Morgan fingerprint density at radius 3 is 2.89 bits per heavy atom. The van der Waals surface area contributed by atoms with Crippen LogP contribution in [-0.2, 0) is 16.0 Å². The number of aryl methyl sites for hydroxylation is 1. The van der Waals surface area contributed by atoms with Crippen molar-refractivity contribution < 1.29 is 18.7 Å². The molecule has 0 unspecified atom stereocenters. The molecule has 2 N–H and O–H groups in total. The highest BCUT2D eigenvalue weighted by molar-refractivity contribution is 6.04. The summed E-state index contributed by atoms with van der Waals surface area (Å²) in [6.45, 7) is 2.63. The molecule has 3 rings (SSSR count). The molecule has 1 aromatic heterocycles. The van der Waals surface area contributed by atoms with Crippen LogP contribution < -0.4 is 10.6 Å². The minimum absolute atomic E-state index is 0.0840. The van der Waals surface area contributed by atoms with Crippen LogP contribution in [0.1, 0.15) is 34.7 Å². The normalized spacial score (nSPS) is 16.1. The molecule has 8 heteroatoms. The third kappa shape index (κ3) is 4.85. The summed E-state index contributed by atoms with van der Waals surface area (Å²) >= 11 is 0. The minimum Gasteiger partial charge on any atom is -0.368 e. The van der Waals surface area contributed by atoms with E-state index in [-0.39, 0.29) is 17.2 Å². The molecular formula is C19H21FN4O3. The molecule has 2 aromatic rings. The molecule has 0 aliphatic carbocycles. The highest BCUT2D eigenvalue weighted by Gasteiger charge is 2.23. The lowest BCUT2D eigenvalue weighted by atomic mass is 10.1. The Labute approximate surface area is 156 Å². The number of nitrogens with one attached hydrogen (secondary N) is 2. The number of hydrogen-bond acceptors (Lipinski definition) is 5. The number of para-hydroxylation sites is 1. The summed E-state index contributed by atoms with van der Waals surface area (Å²) in [4.78, 5) is 32.9. The third-order valence-corrected chi connectivity index (χ3v) is 4.24. The minimum atomic E-state index is -0.524. The number of halogens is 1. The molecule has 0 spiro atoms. The van der Waals surface area contributed by atoms with E-state index >= 15 is 0 Å². The van der Waals surface area contributed by atoms with E-state index in [1.165, 1.54) is 18.3 Å². The molecule has 1 aromatic carbocycles. The van der Waals surface area contributed by atoms with Gasteiger partial charge in [0.05, 0.1) is 16.9 Å². The summed E-state index contributed by atoms with van der Waals surface area (Å²) in [5.41, 5.74) is 0.819. The maximum Gasteiger partial charge on any atom is 0.259 e. The lowest BCUT2D eigenvalue weighted by Crippen LogP contribution is -2.35. The van der Waals surface area contributed by atoms with Crippen molar-refractivity contribution in [1.82, 2.24) is 15.3 Å². The molecule has 1 fully saturated rings. The zero-order valence-corrected chi connectivity index (χ0v) is 15.0. The van der Waals surface area contributed by atoms with Gasteiger partial charge in [0.25, 0.3) is 5.91 Å². The predicted molar refractivity (Wildman–Crippen MR) is 96.8 cm³/mol. The number of benzene rings is 1. The highest BCUT2D eigenvalue weighted by atomic mass is 19.1. The molecule has 2 heterocycles. The van der Waals surface area contributed by atoms with Crippen LogP contribution in [0.15, 0.2) is 30.5 Å². The van der Waals surface area contributed by atoms with Crippen LogP contribution in [0.3, 0.4) is 0 Å². The molecular weight excluding hydrogens is 351 g/mol. The standard InChI is InChI=1S/C19H21FN4O3/c1-12-22-11-13(18(25)24-16-6-3-2-5-14(16)20)15(23-12)8-9-21-19(26)17-7-4-10-27-17/h2-3,5-6,11,17H,4,7-10H2,1H3,(H,21,26)(H,24,25)/t17-/m0/s1. The van der Waals surface area contributed by atoms with Gasteiger partial charge in [-0.1, -0.05) is 12.1 Å². The number of rotatable bonds is 6. The Morgan fingerprint density at radius 1 is 1.33 bits per heavy atom. The van der Waals surface area contributed by atoms with E-state index in [2.05, 4.69) is 20.6 Å². The fraction of sp³-hybridized carbons (Fsp3) is 0.368. The summed E-state index contributed by atoms with van der Waals surface area (Å²) in [6.07, 6.45) is 2.96.